The van der Waals surface area contributed by atoms with Gasteiger partial charge in [-0.25, -0.2) is 4.98 Å². The van der Waals surface area contributed by atoms with Crippen molar-refractivity contribution in [2.24, 2.45) is 0 Å². The van der Waals surface area contributed by atoms with Crippen LogP contribution in [0, 0.1) is 0 Å². The second kappa shape index (κ2) is 6.93. The number of hydrogen-bond acceptors (Lipinski definition) is 3. The molecule has 6 nitrogen and oxygen atoms in total. The largest absolute Gasteiger partial charge is 0.347 e. The molecule has 2 amide bonds. The number of nitrogens with one attached hydrogen (secondary N) is 2. The second-order valence-electron chi connectivity index (χ2n) is 6.64. The molecule has 2 aliphatic rings. The number of benzene rings is 1. The Balaban J connectivity index is 1.64. The number of amides is 2. The van der Waals surface area contributed by atoms with Crippen LogP contribution in [-0.2, 0) is 13.0 Å². The highest BCUT2D eigenvalue weighted by molar-refractivity contribution is 6.44. The Bertz CT molecular complexity index is 890. The smallest absolute Gasteiger partial charge is 0.287 e. The maximum atomic E-state index is 12.8. The maximum Gasteiger partial charge on any atom is 0.287 e. The molecule has 26 heavy (non-hydrogen) atoms. The lowest BCUT2D eigenvalue weighted by Gasteiger charge is -2.17. The van der Waals surface area contributed by atoms with Crippen LogP contribution in [-0.4, -0.2) is 27.4 Å². The molecular formula is C18H18Cl2N4O2. The summed E-state index contributed by atoms with van der Waals surface area (Å²) < 4.78 is 1.87. The Labute approximate surface area is 160 Å². The number of nitrogens with zero attached hydrogens (tertiary/aromatic N) is 2. The highest BCUT2D eigenvalue weighted by atomic mass is 35.5. The Morgan fingerprint density at radius 3 is 2.73 bits per heavy atom. The molecule has 2 N–H and O–H groups in total. The van der Waals surface area contributed by atoms with E-state index in [9.17, 15) is 9.59 Å². The van der Waals surface area contributed by atoms with Crippen LogP contribution in [0.2, 0.25) is 10.0 Å². The highest BCUT2D eigenvalue weighted by Crippen LogP contribution is 2.30. The number of carbonyl (C=O) groups excluding carboxylic acids is 2. The number of rotatable bonds is 4. The molecule has 136 valence electrons. The second-order valence-corrected chi connectivity index (χ2v) is 7.43. The van der Waals surface area contributed by atoms with Gasteiger partial charge in [0.2, 0.25) is 0 Å². The van der Waals surface area contributed by atoms with Gasteiger partial charge < -0.3 is 15.2 Å². The van der Waals surface area contributed by atoms with Crippen molar-refractivity contribution in [3.8, 4) is 0 Å². The average molecular weight is 393 g/mol. The predicted molar refractivity (Wildman–Crippen MR) is 100 cm³/mol. The standard InChI is InChI=1S/C18H18Cl2N4O2/c19-11-4-3-5-12(14(11)20)22-17(25)15-13-6-1-2-9-24(13)16(23-15)18(26)21-10-7-8-10/h3-5,10H,1-2,6-9H2,(H,21,26)(H,22,25). The molecule has 4 rings (SSSR count). The molecule has 0 radical (unpaired) electrons. The summed E-state index contributed by atoms with van der Waals surface area (Å²) in [5, 5.41) is 6.35. The molecule has 1 aliphatic heterocycles. The number of fused-ring (bicyclic) bond motifs is 1. The average Bonchev–Trinajstić information content (AvgIpc) is 3.35. The van der Waals surface area contributed by atoms with E-state index in [2.05, 4.69) is 15.6 Å². The molecule has 1 aromatic heterocycles. The first-order valence-corrected chi connectivity index (χ1v) is 9.46. The summed E-state index contributed by atoms with van der Waals surface area (Å²) in [6, 6.07) is 5.27. The van der Waals surface area contributed by atoms with Crippen LogP contribution in [0.4, 0.5) is 5.69 Å². The minimum Gasteiger partial charge on any atom is -0.347 e. The molecule has 0 saturated heterocycles. The first-order valence-electron chi connectivity index (χ1n) is 8.70. The normalized spacial score (nSPS) is 16.1. The van der Waals surface area contributed by atoms with Crippen LogP contribution in [0.25, 0.3) is 0 Å². The van der Waals surface area contributed by atoms with Crippen LogP contribution in [0.3, 0.4) is 0 Å². The van der Waals surface area contributed by atoms with Crippen molar-refractivity contribution in [2.45, 2.75) is 44.7 Å². The van der Waals surface area contributed by atoms with E-state index in [0.717, 1.165) is 37.8 Å². The van der Waals surface area contributed by atoms with Gasteiger partial charge in [-0.3, -0.25) is 9.59 Å². The zero-order valence-corrected chi connectivity index (χ0v) is 15.5. The molecule has 0 atom stereocenters. The third-order valence-corrected chi connectivity index (χ3v) is 5.47. The number of carbonyl (C=O) groups is 2. The molecule has 0 unspecified atom stereocenters. The van der Waals surface area contributed by atoms with Crippen LogP contribution < -0.4 is 10.6 Å². The van der Waals surface area contributed by atoms with Crippen molar-refractivity contribution < 1.29 is 9.59 Å². The summed E-state index contributed by atoms with van der Waals surface area (Å²) in [4.78, 5) is 29.7. The monoisotopic (exact) mass is 392 g/mol. The Morgan fingerprint density at radius 1 is 1.15 bits per heavy atom. The third-order valence-electron chi connectivity index (χ3n) is 4.65. The fourth-order valence-corrected chi connectivity index (χ4v) is 3.51. The molecule has 1 aromatic carbocycles. The van der Waals surface area contributed by atoms with E-state index >= 15 is 0 Å². The maximum absolute atomic E-state index is 12.8. The van der Waals surface area contributed by atoms with Gasteiger partial charge in [0, 0.05) is 12.6 Å². The minimum atomic E-state index is -0.384. The lowest BCUT2D eigenvalue weighted by molar-refractivity contribution is 0.0935. The summed E-state index contributed by atoms with van der Waals surface area (Å²) in [7, 11) is 0. The molecule has 1 fully saturated rings. The van der Waals surface area contributed by atoms with Crippen molar-refractivity contribution in [3.63, 3.8) is 0 Å². The molecule has 8 heteroatoms. The SMILES string of the molecule is O=C(Nc1cccc(Cl)c1Cl)c1nc(C(=O)NC2CC2)n2c1CCCC2. The number of halogens is 2. The van der Waals surface area contributed by atoms with Gasteiger partial charge in [-0.1, -0.05) is 29.3 Å². The van der Waals surface area contributed by atoms with Crippen molar-refractivity contribution in [1.29, 1.82) is 0 Å². The minimum absolute atomic E-state index is 0.213. The van der Waals surface area contributed by atoms with Crippen molar-refractivity contribution >= 4 is 40.7 Å². The van der Waals surface area contributed by atoms with Crippen LogP contribution >= 0.6 is 23.2 Å². The van der Waals surface area contributed by atoms with E-state index in [4.69, 9.17) is 23.2 Å². The summed E-state index contributed by atoms with van der Waals surface area (Å²) in [5.74, 6) is -0.283. The summed E-state index contributed by atoms with van der Waals surface area (Å²) in [6.07, 6.45) is 4.65. The van der Waals surface area contributed by atoms with Crippen molar-refractivity contribution in [3.05, 3.63) is 45.5 Å². The Kier molecular flexibility index (Phi) is 4.63. The molecule has 2 heterocycles. The van der Waals surface area contributed by atoms with Crippen LogP contribution in [0.1, 0.15) is 52.5 Å². The zero-order chi connectivity index (χ0) is 18.3. The van der Waals surface area contributed by atoms with Crippen LogP contribution in [0.5, 0.6) is 0 Å². The van der Waals surface area contributed by atoms with Gasteiger partial charge in [0.05, 0.1) is 21.4 Å². The van der Waals surface area contributed by atoms with Crippen LogP contribution in [0.15, 0.2) is 18.2 Å². The number of aromatic nitrogens is 2. The fourth-order valence-electron chi connectivity index (χ4n) is 3.16. The van der Waals surface area contributed by atoms with E-state index < -0.39 is 0 Å². The van der Waals surface area contributed by atoms with Gasteiger partial charge in [0.25, 0.3) is 11.8 Å². The fraction of sp³-hybridized carbons (Fsp3) is 0.389. The number of hydrogen-bond donors (Lipinski definition) is 2. The number of anilines is 1. The van der Waals surface area contributed by atoms with Gasteiger partial charge in [0.1, 0.15) is 0 Å². The van der Waals surface area contributed by atoms with Gasteiger partial charge >= 0.3 is 0 Å². The molecule has 2 aromatic rings. The molecule has 1 aliphatic carbocycles. The molecular weight excluding hydrogens is 375 g/mol. The molecule has 1 saturated carbocycles. The topological polar surface area (TPSA) is 76.0 Å². The predicted octanol–water partition coefficient (Wildman–Crippen LogP) is 3.67. The lowest BCUT2D eigenvalue weighted by atomic mass is 10.1. The van der Waals surface area contributed by atoms with Gasteiger partial charge in [-0.2, -0.15) is 0 Å². The van der Waals surface area contributed by atoms with E-state index in [-0.39, 0.29) is 28.6 Å². The van der Waals surface area contributed by atoms with Gasteiger partial charge in [0.15, 0.2) is 11.5 Å². The van der Waals surface area contributed by atoms with Crippen molar-refractivity contribution in [2.75, 3.05) is 5.32 Å². The molecule has 0 bridgehead atoms. The number of imidazole rings is 1. The quantitative estimate of drug-likeness (QED) is 0.832. The van der Waals surface area contributed by atoms with Gasteiger partial charge in [-0.15, -0.1) is 0 Å². The summed E-state index contributed by atoms with van der Waals surface area (Å²) in [6.45, 7) is 0.695. The Morgan fingerprint density at radius 2 is 1.96 bits per heavy atom. The van der Waals surface area contributed by atoms with E-state index in [0.29, 0.717) is 23.1 Å². The zero-order valence-electron chi connectivity index (χ0n) is 14.0. The first-order chi connectivity index (χ1) is 12.5. The Hall–Kier alpha value is -2.05. The lowest BCUT2D eigenvalue weighted by Crippen LogP contribution is -2.29. The van der Waals surface area contributed by atoms with E-state index in [1.807, 2.05) is 4.57 Å². The van der Waals surface area contributed by atoms with E-state index in [1.165, 1.54) is 0 Å². The third kappa shape index (κ3) is 3.31. The van der Waals surface area contributed by atoms with Crippen molar-refractivity contribution in [1.82, 2.24) is 14.9 Å². The first kappa shape index (κ1) is 17.4. The summed E-state index contributed by atoms with van der Waals surface area (Å²) >= 11 is 12.2. The summed E-state index contributed by atoms with van der Waals surface area (Å²) in [5.41, 5.74) is 1.50. The molecule has 0 spiro atoms. The van der Waals surface area contributed by atoms with E-state index in [1.54, 1.807) is 18.2 Å². The highest BCUT2D eigenvalue weighted by Gasteiger charge is 2.30. The van der Waals surface area contributed by atoms with Gasteiger partial charge in [-0.05, 0) is 44.2 Å².